The average molecular weight is 996 g/mol. The van der Waals surface area contributed by atoms with Crippen LogP contribution in [0.4, 0.5) is 17.1 Å². The Morgan fingerprint density at radius 2 is 0.667 bits per heavy atom. The van der Waals surface area contributed by atoms with Gasteiger partial charge in [-0.1, -0.05) is 264 Å². The fourth-order valence-electron chi connectivity index (χ4n) is 14.4. The molecule has 1 heteroatoms. The number of nitrogens with zero attached hydrogens (tertiary/aromatic N) is 1. The number of rotatable bonds is 8. The van der Waals surface area contributed by atoms with Crippen LogP contribution < -0.4 is 4.90 Å². The first kappa shape index (κ1) is 46.0. The minimum Gasteiger partial charge on any atom is -0.310 e. The molecule has 15 rings (SSSR count). The predicted molar refractivity (Wildman–Crippen MR) is 327 cm³/mol. The Kier molecular flexibility index (Phi) is 10.2. The second kappa shape index (κ2) is 17.4. The summed E-state index contributed by atoms with van der Waals surface area (Å²) in [6, 6.07) is 103. The molecule has 0 saturated heterocycles. The van der Waals surface area contributed by atoms with E-state index in [2.05, 4.69) is 306 Å². The lowest BCUT2D eigenvalue weighted by Crippen LogP contribution is -2.28. The summed E-state index contributed by atoms with van der Waals surface area (Å²) in [6.45, 7) is 9.59. The van der Waals surface area contributed by atoms with Crippen molar-refractivity contribution in [2.75, 3.05) is 4.90 Å². The van der Waals surface area contributed by atoms with Crippen molar-refractivity contribution in [3.63, 3.8) is 0 Å². The molecule has 0 amide bonds. The number of hydrogen-bond acceptors (Lipinski definition) is 1. The highest BCUT2D eigenvalue weighted by Crippen LogP contribution is 2.60. The summed E-state index contributed by atoms with van der Waals surface area (Å²) in [7, 11) is 0. The van der Waals surface area contributed by atoms with Crippen molar-refractivity contribution in [3.8, 4) is 66.8 Å². The van der Waals surface area contributed by atoms with E-state index in [0.29, 0.717) is 0 Å². The monoisotopic (exact) mass is 995 g/mol. The minimum absolute atomic E-state index is 0.176. The molecule has 78 heavy (non-hydrogen) atoms. The van der Waals surface area contributed by atoms with Crippen LogP contribution in [0.5, 0.6) is 0 Å². The summed E-state index contributed by atoms with van der Waals surface area (Å²) in [5, 5.41) is 2.57. The van der Waals surface area contributed by atoms with E-state index in [1.54, 1.807) is 0 Å². The van der Waals surface area contributed by atoms with Crippen molar-refractivity contribution in [2.45, 2.75) is 43.9 Å². The number of benzene rings is 12. The second-order valence-electron chi connectivity index (χ2n) is 22.7. The van der Waals surface area contributed by atoms with Crippen LogP contribution >= 0.6 is 0 Å². The van der Waals surface area contributed by atoms with Crippen molar-refractivity contribution in [3.05, 3.63) is 317 Å². The van der Waals surface area contributed by atoms with E-state index in [1.165, 1.54) is 122 Å². The van der Waals surface area contributed by atoms with Gasteiger partial charge in [0.15, 0.2) is 0 Å². The molecule has 0 N–H and O–H groups in total. The van der Waals surface area contributed by atoms with E-state index in [9.17, 15) is 0 Å². The Morgan fingerprint density at radius 3 is 1.29 bits per heavy atom. The second-order valence-corrected chi connectivity index (χ2v) is 22.7. The van der Waals surface area contributed by atoms with Gasteiger partial charge in [-0.05, 0) is 158 Å². The van der Waals surface area contributed by atoms with E-state index < -0.39 is 5.41 Å². The quantitative estimate of drug-likeness (QED) is 0.147. The van der Waals surface area contributed by atoms with Gasteiger partial charge in [0.05, 0.1) is 5.41 Å². The topological polar surface area (TPSA) is 3.24 Å². The first-order valence-corrected chi connectivity index (χ1v) is 27.6. The highest BCUT2D eigenvalue weighted by molar-refractivity contribution is 6.15. The maximum absolute atomic E-state index is 2.51. The molecule has 0 aliphatic heterocycles. The highest BCUT2D eigenvalue weighted by Gasteiger charge is 2.47. The lowest BCUT2D eigenvalue weighted by atomic mass is 9.67. The van der Waals surface area contributed by atoms with Gasteiger partial charge in [-0.3, -0.25) is 0 Å². The van der Waals surface area contributed by atoms with Crippen molar-refractivity contribution in [2.24, 2.45) is 0 Å². The average Bonchev–Trinajstić information content (AvgIpc) is 4.20. The molecule has 0 bridgehead atoms. The van der Waals surface area contributed by atoms with Crippen LogP contribution in [0.25, 0.3) is 77.5 Å². The van der Waals surface area contributed by atoms with Crippen molar-refractivity contribution in [1.82, 2.24) is 0 Å². The molecule has 0 saturated carbocycles. The van der Waals surface area contributed by atoms with E-state index >= 15 is 0 Å². The van der Waals surface area contributed by atoms with Crippen LogP contribution in [0.2, 0.25) is 0 Å². The van der Waals surface area contributed by atoms with E-state index in [1.807, 2.05) is 0 Å². The lowest BCUT2D eigenvalue weighted by Gasteiger charge is -2.35. The standard InChI is InChI=1S/C77H57N/c1-75(2)66-33-19-16-28-59(66)61-46-44-57(48-69(61)75)78(58-45-47-62-60-29-17-21-35-68(60)77(70(62)49-58,54-24-10-6-11-25-54)55-26-12-7-13-27-55)56-42-40-52(41-43-56)71-63-30-14-15-31-64(63)74-73(65-32-18-20-34-67(65)76(74,3)4)72(71)53-38-36-51(37-39-53)50-22-8-5-9-23-50/h5-49H,1-4H3. The molecule has 3 aliphatic carbocycles. The Hall–Kier alpha value is -9.30. The third-order valence-corrected chi connectivity index (χ3v) is 17.9. The van der Waals surface area contributed by atoms with Crippen molar-refractivity contribution >= 4 is 27.8 Å². The number of hydrogen-bond donors (Lipinski definition) is 0. The molecule has 0 heterocycles. The Balaban J connectivity index is 0.962. The van der Waals surface area contributed by atoms with Gasteiger partial charge in [0.25, 0.3) is 0 Å². The zero-order valence-corrected chi connectivity index (χ0v) is 44.4. The maximum Gasteiger partial charge on any atom is 0.0714 e. The molecule has 0 fully saturated rings. The van der Waals surface area contributed by atoms with Crippen LogP contribution in [0.3, 0.4) is 0 Å². The van der Waals surface area contributed by atoms with Gasteiger partial charge in [-0.2, -0.15) is 0 Å². The minimum atomic E-state index is -0.543. The predicted octanol–water partition coefficient (Wildman–Crippen LogP) is 20.3. The van der Waals surface area contributed by atoms with E-state index in [0.717, 1.165) is 17.1 Å². The van der Waals surface area contributed by atoms with Crippen molar-refractivity contribution in [1.29, 1.82) is 0 Å². The molecule has 0 atom stereocenters. The molecular weight excluding hydrogens is 939 g/mol. The van der Waals surface area contributed by atoms with Crippen molar-refractivity contribution < 1.29 is 0 Å². The molecule has 12 aromatic rings. The first-order valence-electron chi connectivity index (χ1n) is 27.6. The molecule has 0 aromatic heterocycles. The molecule has 370 valence electrons. The van der Waals surface area contributed by atoms with Crippen LogP contribution in [0, 0.1) is 0 Å². The SMILES string of the molecule is CC1(C)c2ccccc2-c2ccc(N(c3ccc(-c4c(-c5ccc(-c6ccccc6)cc5)c5c(c6ccccc46)C(C)(C)c4ccccc4-5)cc3)c3ccc4c(c3)C(c3ccccc3)(c3ccccc3)c3ccccc3-4)cc21. The fourth-order valence-corrected chi connectivity index (χ4v) is 14.4. The summed E-state index contributed by atoms with van der Waals surface area (Å²) in [4.78, 5) is 2.51. The van der Waals surface area contributed by atoms with Gasteiger partial charge in [0.2, 0.25) is 0 Å². The molecule has 12 aromatic carbocycles. The maximum atomic E-state index is 2.51. The smallest absolute Gasteiger partial charge is 0.0714 e. The molecule has 0 unspecified atom stereocenters. The van der Waals surface area contributed by atoms with E-state index in [-0.39, 0.29) is 10.8 Å². The van der Waals surface area contributed by atoms with Crippen LogP contribution in [0.1, 0.15) is 72.2 Å². The molecule has 0 radical (unpaired) electrons. The third kappa shape index (κ3) is 6.61. The van der Waals surface area contributed by atoms with Crippen LogP contribution in [-0.2, 0) is 16.2 Å². The van der Waals surface area contributed by atoms with Crippen LogP contribution in [0.15, 0.2) is 273 Å². The normalized spacial score (nSPS) is 14.5. The highest BCUT2D eigenvalue weighted by atomic mass is 15.1. The fraction of sp³-hybridized carbons (Fsp3) is 0.0909. The summed E-state index contributed by atoms with van der Waals surface area (Å²) in [5.74, 6) is 0. The lowest BCUT2D eigenvalue weighted by molar-refractivity contribution is 0.660. The van der Waals surface area contributed by atoms with E-state index in [4.69, 9.17) is 0 Å². The molecule has 3 aliphatic rings. The van der Waals surface area contributed by atoms with Gasteiger partial charge in [0, 0.05) is 27.9 Å². The van der Waals surface area contributed by atoms with Gasteiger partial charge >= 0.3 is 0 Å². The number of fused-ring (bicyclic) bond motifs is 11. The zero-order chi connectivity index (χ0) is 52.3. The Morgan fingerprint density at radius 1 is 0.256 bits per heavy atom. The van der Waals surface area contributed by atoms with Gasteiger partial charge in [-0.25, -0.2) is 0 Å². The summed E-state index contributed by atoms with van der Waals surface area (Å²) >= 11 is 0. The molecule has 0 spiro atoms. The molecular formula is C77H57N. The Bertz CT molecular complexity index is 4300. The van der Waals surface area contributed by atoms with Gasteiger partial charge in [-0.15, -0.1) is 0 Å². The van der Waals surface area contributed by atoms with Gasteiger partial charge < -0.3 is 4.90 Å². The van der Waals surface area contributed by atoms with Gasteiger partial charge in [0.1, 0.15) is 0 Å². The zero-order valence-electron chi connectivity index (χ0n) is 44.4. The summed E-state index contributed by atoms with van der Waals surface area (Å²) in [5.41, 5.74) is 28.2. The third-order valence-electron chi connectivity index (χ3n) is 17.9. The number of anilines is 3. The summed E-state index contributed by atoms with van der Waals surface area (Å²) < 4.78 is 0. The Labute approximate surface area is 458 Å². The summed E-state index contributed by atoms with van der Waals surface area (Å²) in [6.07, 6.45) is 0. The first-order chi connectivity index (χ1) is 38.2. The molecule has 1 nitrogen and oxygen atoms in total. The van der Waals surface area contributed by atoms with Crippen LogP contribution in [-0.4, -0.2) is 0 Å². The largest absolute Gasteiger partial charge is 0.310 e.